The molecule has 16 heavy (non-hydrogen) atoms. The van der Waals surface area contributed by atoms with E-state index >= 15 is 0 Å². The zero-order valence-electron chi connectivity index (χ0n) is 10.3. The Kier molecular flexibility index (Phi) is 10.1. The molecule has 0 aromatic heterocycles. The lowest BCUT2D eigenvalue weighted by atomic mass is 10.2. The minimum absolute atomic E-state index is 0.246. The Hall–Kier alpha value is -0.870. The normalized spacial score (nSPS) is 11.6. The van der Waals surface area contributed by atoms with Crippen LogP contribution in [0.15, 0.2) is 11.6 Å². The first kappa shape index (κ1) is 15.1. The molecule has 94 valence electrons. The van der Waals surface area contributed by atoms with E-state index in [-0.39, 0.29) is 12.6 Å². The highest BCUT2D eigenvalue weighted by Crippen LogP contribution is 2.01. The summed E-state index contributed by atoms with van der Waals surface area (Å²) in [5.74, 6) is -0.246. The lowest BCUT2D eigenvalue weighted by Gasteiger charge is -2.04. The highest BCUT2D eigenvalue weighted by atomic mass is 16.5. The number of rotatable bonds is 9. The SMILES string of the molecule is CCC(=CCNCCCCCO)C(=O)OC. The fourth-order valence-corrected chi connectivity index (χ4v) is 1.34. The Morgan fingerprint density at radius 2 is 2.12 bits per heavy atom. The van der Waals surface area contributed by atoms with Gasteiger partial charge in [-0.05, 0) is 32.2 Å². The number of nitrogens with one attached hydrogen (secondary N) is 1. The molecule has 0 saturated carbocycles. The quantitative estimate of drug-likeness (QED) is 0.355. The molecule has 0 aromatic carbocycles. The minimum Gasteiger partial charge on any atom is -0.466 e. The summed E-state index contributed by atoms with van der Waals surface area (Å²) in [6.07, 6.45) is 5.51. The van der Waals surface area contributed by atoms with Crippen LogP contribution in [0.2, 0.25) is 0 Å². The number of carbonyl (C=O) groups excluding carboxylic acids is 1. The van der Waals surface area contributed by atoms with Crippen molar-refractivity contribution in [1.29, 1.82) is 0 Å². The first-order chi connectivity index (χ1) is 7.76. The number of hydrogen-bond acceptors (Lipinski definition) is 4. The molecule has 0 unspecified atom stereocenters. The molecular formula is C12H23NO3. The molecule has 4 heteroatoms. The van der Waals surface area contributed by atoms with Crippen molar-refractivity contribution < 1.29 is 14.6 Å². The molecular weight excluding hydrogens is 206 g/mol. The molecule has 0 aliphatic rings. The molecule has 0 rings (SSSR count). The molecule has 0 amide bonds. The van der Waals surface area contributed by atoms with Crippen molar-refractivity contribution >= 4 is 5.97 Å². The molecule has 0 saturated heterocycles. The van der Waals surface area contributed by atoms with Crippen LogP contribution in [0.1, 0.15) is 32.6 Å². The van der Waals surface area contributed by atoms with Crippen LogP contribution in [0.3, 0.4) is 0 Å². The van der Waals surface area contributed by atoms with Gasteiger partial charge in [-0.1, -0.05) is 13.0 Å². The predicted octanol–water partition coefficient (Wildman–Crippen LogP) is 1.25. The largest absolute Gasteiger partial charge is 0.466 e. The van der Waals surface area contributed by atoms with Crippen molar-refractivity contribution in [3.05, 3.63) is 11.6 Å². The lowest BCUT2D eigenvalue weighted by molar-refractivity contribution is -0.136. The smallest absolute Gasteiger partial charge is 0.333 e. The van der Waals surface area contributed by atoms with Crippen LogP contribution in [-0.4, -0.2) is 37.9 Å². The summed E-state index contributed by atoms with van der Waals surface area (Å²) in [6.45, 7) is 3.80. The third kappa shape index (κ3) is 7.43. The summed E-state index contributed by atoms with van der Waals surface area (Å²) < 4.78 is 4.65. The zero-order chi connectivity index (χ0) is 12.2. The number of ether oxygens (including phenoxy) is 1. The summed E-state index contributed by atoms with van der Waals surface area (Å²) in [7, 11) is 1.40. The van der Waals surface area contributed by atoms with Crippen molar-refractivity contribution in [1.82, 2.24) is 5.32 Å². The number of aliphatic hydroxyl groups is 1. The predicted molar refractivity (Wildman–Crippen MR) is 64.2 cm³/mol. The van der Waals surface area contributed by atoms with Crippen molar-refractivity contribution in [2.24, 2.45) is 0 Å². The molecule has 0 atom stereocenters. The van der Waals surface area contributed by atoms with Crippen LogP contribution >= 0.6 is 0 Å². The molecule has 0 aromatic rings. The third-order valence-corrected chi connectivity index (χ3v) is 2.33. The number of unbranched alkanes of at least 4 members (excludes halogenated alkanes) is 2. The van der Waals surface area contributed by atoms with E-state index in [0.717, 1.165) is 25.8 Å². The fourth-order valence-electron chi connectivity index (χ4n) is 1.34. The van der Waals surface area contributed by atoms with Gasteiger partial charge in [0.2, 0.25) is 0 Å². The fraction of sp³-hybridized carbons (Fsp3) is 0.750. The Morgan fingerprint density at radius 1 is 1.38 bits per heavy atom. The van der Waals surface area contributed by atoms with Crippen molar-refractivity contribution in [2.75, 3.05) is 26.8 Å². The summed E-state index contributed by atoms with van der Waals surface area (Å²) in [5, 5.41) is 11.8. The van der Waals surface area contributed by atoms with Crippen molar-refractivity contribution in [3.63, 3.8) is 0 Å². The second-order valence-corrected chi connectivity index (χ2v) is 3.56. The monoisotopic (exact) mass is 229 g/mol. The number of esters is 1. The maximum Gasteiger partial charge on any atom is 0.333 e. The van der Waals surface area contributed by atoms with E-state index in [9.17, 15) is 4.79 Å². The maximum atomic E-state index is 11.2. The average Bonchev–Trinajstić information content (AvgIpc) is 2.32. The second kappa shape index (κ2) is 10.6. The van der Waals surface area contributed by atoms with Crippen molar-refractivity contribution in [2.45, 2.75) is 32.6 Å². The molecule has 2 N–H and O–H groups in total. The van der Waals surface area contributed by atoms with Gasteiger partial charge in [0.05, 0.1) is 7.11 Å². The number of aliphatic hydroxyl groups excluding tert-OH is 1. The first-order valence-corrected chi connectivity index (χ1v) is 5.85. The maximum absolute atomic E-state index is 11.2. The molecule has 0 fully saturated rings. The van der Waals surface area contributed by atoms with Crippen LogP contribution in [0, 0.1) is 0 Å². The highest BCUT2D eigenvalue weighted by Gasteiger charge is 2.05. The van der Waals surface area contributed by atoms with Gasteiger partial charge in [-0.3, -0.25) is 0 Å². The zero-order valence-corrected chi connectivity index (χ0v) is 10.3. The van der Waals surface area contributed by atoms with Crippen LogP contribution < -0.4 is 5.32 Å². The highest BCUT2D eigenvalue weighted by molar-refractivity contribution is 5.88. The van der Waals surface area contributed by atoms with E-state index in [0.29, 0.717) is 18.5 Å². The Bertz CT molecular complexity index is 214. The molecule has 0 spiro atoms. The minimum atomic E-state index is -0.246. The average molecular weight is 229 g/mol. The second-order valence-electron chi connectivity index (χ2n) is 3.56. The van der Waals surface area contributed by atoms with E-state index in [2.05, 4.69) is 10.1 Å². The van der Waals surface area contributed by atoms with Crippen LogP contribution in [0.4, 0.5) is 0 Å². The summed E-state index contributed by atoms with van der Waals surface area (Å²) >= 11 is 0. The van der Waals surface area contributed by atoms with Gasteiger partial charge < -0.3 is 15.2 Å². The van der Waals surface area contributed by atoms with Gasteiger partial charge in [0.25, 0.3) is 0 Å². The van der Waals surface area contributed by atoms with E-state index in [1.165, 1.54) is 7.11 Å². The Morgan fingerprint density at radius 3 is 2.69 bits per heavy atom. The first-order valence-electron chi connectivity index (χ1n) is 5.85. The van der Waals surface area contributed by atoms with Gasteiger partial charge in [0, 0.05) is 18.7 Å². The van der Waals surface area contributed by atoms with Crippen LogP contribution in [0.25, 0.3) is 0 Å². The molecule has 4 nitrogen and oxygen atoms in total. The molecule has 0 heterocycles. The van der Waals surface area contributed by atoms with E-state index in [4.69, 9.17) is 5.11 Å². The number of methoxy groups -OCH3 is 1. The summed E-state index contributed by atoms with van der Waals surface area (Å²) in [4.78, 5) is 11.2. The third-order valence-electron chi connectivity index (χ3n) is 2.33. The summed E-state index contributed by atoms with van der Waals surface area (Å²) in [5.41, 5.74) is 0.713. The van der Waals surface area contributed by atoms with E-state index in [1.807, 2.05) is 13.0 Å². The standard InChI is InChI=1S/C12H23NO3/c1-3-11(12(15)16-2)7-9-13-8-5-4-6-10-14/h7,13-14H,3-6,8-10H2,1-2H3. The Balaban J connectivity index is 3.60. The van der Waals surface area contributed by atoms with Gasteiger partial charge in [-0.15, -0.1) is 0 Å². The topological polar surface area (TPSA) is 58.6 Å². The lowest BCUT2D eigenvalue weighted by Crippen LogP contribution is -2.16. The molecule has 0 radical (unpaired) electrons. The van der Waals surface area contributed by atoms with Gasteiger partial charge in [0.1, 0.15) is 0 Å². The van der Waals surface area contributed by atoms with Crippen LogP contribution in [-0.2, 0) is 9.53 Å². The van der Waals surface area contributed by atoms with Gasteiger partial charge in [0.15, 0.2) is 0 Å². The number of hydrogen-bond donors (Lipinski definition) is 2. The molecule has 0 aliphatic heterocycles. The van der Waals surface area contributed by atoms with Crippen LogP contribution in [0.5, 0.6) is 0 Å². The van der Waals surface area contributed by atoms with Crippen molar-refractivity contribution in [3.8, 4) is 0 Å². The van der Waals surface area contributed by atoms with Gasteiger partial charge in [-0.25, -0.2) is 4.79 Å². The van der Waals surface area contributed by atoms with Gasteiger partial charge in [-0.2, -0.15) is 0 Å². The van der Waals surface area contributed by atoms with Gasteiger partial charge >= 0.3 is 5.97 Å². The van der Waals surface area contributed by atoms with E-state index in [1.54, 1.807) is 0 Å². The number of carbonyl (C=O) groups is 1. The molecule has 0 aliphatic carbocycles. The molecule has 0 bridgehead atoms. The Labute approximate surface area is 97.7 Å². The van der Waals surface area contributed by atoms with E-state index < -0.39 is 0 Å². The summed E-state index contributed by atoms with van der Waals surface area (Å²) in [6, 6.07) is 0.